The molecule has 0 aliphatic carbocycles. The molecule has 3 rings (SSSR count). The van der Waals surface area contributed by atoms with Gasteiger partial charge in [-0.3, -0.25) is 4.79 Å². The Labute approximate surface area is 154 Å². The number of benzene rings is 2. The van der Waals surface area contributed by atoms with Gasteiger partial charge in [-0.05, 0) is 47.2 Å². The van der Waals surface area contributed by atoms with Crippen LogP contribution in [0.3, 0.4) is 0 Å². The number of rotatable bonds is 6. The molecule has 1 aromatic heterocycles. The van der Waals surface area contributed by atoms with Crippen LogP contribution in [0.5, 0.6) is 0 Å². The predicted molar refractivity (Wildman–Crippen MR) is 97.8 cm³/mol. The average molecular weight is 374 g/mol. The quantitative estimate of drug-likeness (QED) is 0.672. The van der Waals surface area contributed by atoms with E-state index < -0.39 is 0 Å². The standard InChI is InChI=1S/C17H16ClN5OS/c1-12(16(24)19-11-13-7-9-14(18)10-8-13)25-17-20-21-22-23(17)15-5-3-2-4-6-15/h2-10,12H,11H2,1H3,(H,19,24). The molecule has 0 radical (unpaired) electrons. The van der Waals surface area contributed by atoms with Crippen LogP contribution in [-0.2, 0) is 11.3 Å². The highest BCUT2D eigenvalue weighted by molar-refractivity contribution is 8.00. The summed E-state index contributed by atoms with van der Waals surface area (Å²) in [5, 5.41) is 15.5. The zero-order chi connectivity index (χ0) is 17.6. The lowest BCUT2D eigenvalue weighted by Gasteiger charge is -2.12. The van der Waals surface area contributed by atoms with Crippen molar-refractivity contribution in [1.82, 2.24) is 25.5 Å². The minimum Gasteiger partial charge on any atom is -0.351 e. The first kappa shape index (κ1) is 17.4. The van der Waals surface area contributed by atoms with E-state index in [2.05, 4.69) is 20.8 Å². The first-order valence-corrected chi connectivity index (χ1v) is 8.92. The molecule has 8 heteroatoms. The highest BCUT2D eigenvalue weighted by Gasteiger charge is 2.19. The molecule has 0 fully saturated rings. The lowest BCUT2D eigenvalue weighted by molar-refractivity contribution is -0.120. The molecule has 3 aromatic rings. The molecule has 128 valence electrons. The molecule has 2 aromatic carbocycles. The molecule has 1 unspecified atom stereocenters. The summed E-state index contributed by atoms with van der Waals surface area (Å²) in [6, 6.07) is 16.9. The van der Waals surface area contributed by atoms with Gasteiger partial charge < -0.3 is 5.32 Å². The van der Waals surface area contributed by atoms with E-state index in [1.54, 1.807) is 16.8 Å². The molecule has 0 spiro atoms. The number of carbonyl (C=O) groups excluding carboxylic acids is 1. The van der Waals surface area contributed by atoms with Gasteiger partial charge in [0.05, 0.1) is 10.9 Å². The van der Waals surface area contributed by atoms with Crippen molar-refractivity contribution in [3.05, 3.63) is 65.2 Å². The molecule has 0 bridgehead atoms. The predicted octanol–water partition coefficient (Wildman–Crippen LogP) is 3.11. The van der Waals surface area contributed by atoms with E-state index in [4.69, 9.17) is 11.6 Å². The maximum Gasteiger partial charge on any atom is 0.233 e. The van der Waals surface area contributed by atoms with Crippen molar-refractivity contribution >= 4 is 29.3 Å². The van der Waals surface area contributed by atoms with Gasteiger partial charge >= 0.3 is 0 Å². The number of hydrogen-bond acceptors (Lipinski definition) is 5. The third kappa shape index (κ3) is 4.58. The van der Waals surface area contributed by atoms with Crippen molar-refractivity contribution in [1.29, 1.82) is 0 Å². The molecular weight excluding hydrogens is 358 g/mol. The summed E-state index contributed by atoms with van der Waals surface area (Å²) >= 11 is 7.17. The Bertz CT molecular complexity index is 838. The first-order valence-electron chi connectivity index (χ1n) is 7.66. The normalized spacial score (nSPS) is 11.9. The summed E-state index contributed by atoms with van der Waals surface area (Å²) in [6.45, 7) is 2.27. The van der Waals surface area contributed by atoms with Gasteiger partial charge in [0.25, 0.3) is 0 Å². The number of nitrogens with zero attached hydrogens (tertiary/aromatic N) is 4. The molecule has 0 saturated heterocycles. The number of carbonyl (C=O) groups is 1. The van der Waals surface area contributed by atoms with Crippen LogP contribution in [0.1, 0.15) is 12.5 Å². The van der Waals surface area contributed by atoms with Crippen LogP contribution in [0.15, 0.2) is 59.8 Å². The Balaban J connectivity index is 1.60. The monoisotopic (exact) mass is 373 g/mol. The molecule has 0 aliphatic heterocycles. The van der Waals surface area contributed by atoms with Crippen molar-refractivity contribution in [3.63, 3.8) is 0 Å². The van der Waals surface area contributed by atoms with Crippen LogP contribution in [0, 0.1) is 0 Å². The van der Waals surface area contributed by atoms with E-state index in [-0.39, 0.29) is 11.2 Å². The third-order valence-corrected chi connectivity index (χ3v) is 4.76. The van der Waals surface area contributed by atoms with Crippen LogP contribution >= 0.6 is 23.4 Å². The summed E-state index contributed by atoms with van der Waals surface area (Å²) in [5.41, 5.74) is 1.84. The maximum atomic E-state index is 12.3. The first-order chi connectivity index (χ1) is 12.1. The fraction of sp³-hybridized carbons (Fsp3) is 0.176. The zero-order valence-electron chi connectivity index (χ0n) is 13.5. The highest BCUT2D eigenvalue weighted by atomic mass is 35.5. The van der Waals surface area contributed by atoms with Gasteiger partial charge in [-0.15, -0.1) is 5.10 Å². The fourth-order valence-electron chi connectivity index (χ4n) is 2.13. The second kappa shape index (κ2) is 8.13. The van der Waals surface area contributed by atoms with Crippen molar-refractivity contribution in [2.24, 2.45) is 0 Å². The summed E-state index contributed by atoms with van der Waals surface area (Å²) < 4.78 is 1.62. The van der Waals surface area contributed by atoms with Crippen molar-refractivity contribution in [3.8, 4) is 5.69 Å². The lowest BCUT2D eigenvalue weighted by atomic mass is 10.2. The molecule has 25 heavy (non-hydrogen) atoms. The number of halogens is 1. The Morgan fingerprint density at radius 1 is 1.20 bits per heavy atom. The van der Waals surface area contributed by atoms with Crippen LogP contribution < -0.4 is 5.32 Å². The van der Waals surface area contributed by atoms with E-state index in [0.29, 0.717) is 16.7 Å². The molecule has 1 amide bonds. The van der Waals surface area contributed by atoms with Crippen LogP contribution in [0.25, 0.3) is 5.69 Å². The SMILES string of the molecule is CC(Sc1nnnn1-c1ccccc1)C(=O)NCc1ccc(Cl)cc1. The molecule has 6 nitrogen and oxygen atoms in total. The van der Waals surface area contributed by atoms with E-state index in [9.17, 15) is 4.79 Å². The number of amides is 1. The topological polar surface area (TPSA) is 72.7 Å². The minimum absolute atomic E-state index is 0.0810. The van der Waals surface area contributed by atoms with Gasteiger partial charge in [0.1, 0.15) is 0 Å². The number of aromatic nitrogens is 4. The zero-order valence-corrected chi connectivity index (χ0v) is 15.0. The second-order valence-corrected chi connectivity index (χ2v) is 7.06. The minimum atomic E-state index is -0.333. The van der Waals surface area contributed by atoms with Crippen molar-refractivity contribution in [2.75, 3.05) is 0 Å². The molecule has 1 N–H and O–H groups in total. The van der Waals surface area contributed by atoms with Crippen LogP contribution in [0.4, 0.5) is 0 Å². The van der Waals surface area contributed by atoms with Gasteiger partial charge in [0, 0.05) is 11.6 Å². The van der Waals surface area contributed by atoms with Crippen molar-refractivity contribution in [2.45, 2.75) is 23.9 Å². The molecular formula is C17H16ClN5OS. The number of hydrogen-bond donors (Lipinski definition) is 1. The Kier molecular flexibility index (Phi) is 5.67. The Hall–Kier alpha value is -2.38. The molecule has 0 saturated carbocycles. The van der Waals surface area contributed by atoms with Gasteiger partial charge in [-0.25, -0.2) is 0 Å². The van der Waals surface area contributed by atoms with E-state index in [0.717, 1.165) is 11.3 Å². The largest absolute Gasteiger partial charge is 0.351 e. The highest BCUT2D eigenvalue weighted by Crippen LogP contribution is 2.22. The molecule has 1 atom stereocenters. The fourth-order valence-corrected chi connectivity index (χ4v) is 3.09. The summed E-state index contributed by atoms with van der Waals surface area (Å²) in [4.78, 5) is 12.3. The second-order valence-electron chi connectivity index (χ2n) is 5.31. The van der Waals surface area contributed by atoms with Crippen LogP contribution in [0.2, 0.25) is 5.02 Å². The number of nitrogens with one attached hydrogen (secondary N) is 1. The summed E-state index contributed by atoms with van der Waals surface area (Å²) in [5.74, 6) is -0.0810. The van der Waals surface area contributed by atoms with Gasteiger partial charge in [-0.1, -0.05) is 53.7 Å². The Morgan fingerprint density at radius 2 is 1.92 bits per heavy atom. The number of thioether (sulfide) groups is 1. The van der Waals surface area contributed by atoms with Gasteiger partial charge in [-0.2, -0.15) is 4.68 Å². The van der Waals surface area contributed by atoms with Crippen molar-refractivity contribution < 1.29 is 4.79 Å². The lowest BCUT2D eigenvalue weighted by Crippen LogP contribution is -2.30. The maximum absolute atomic E-state index is 12.3. The van der Waals surface area contributed by atoms with Crippen LogP contribution in [-0.4, -0.2) is 31.4 Å². The molecule has 0 aliphatic rings. The number of tetrazole rings is 1. The summed E-state index contributed by atoms with van der Waals surface area (Å²) in [6.07, 6.45) is 0. The van der Waals surface area contributed by atoms with E-state index in [1.807, 2.05) is 49.4 Å². The van der Waals surface area contributed by atoms with E-state index >= 15 is 0 Å². The van der Waals surface area contributed by atoms with Gasteiger partial charge in [0.15, 0.2) is 0 Å². The Morgan fingerprint density at radius 3 is 2.64 bits per heavy atom. The molecule has 1 heterocycles. The van der Waals surface area contributed by atoms with E-state index in [1.165, 1.54) is 11.8 Å². The summed E-state index contributed by atoms with van der Waals surface area (Å²) in [7, 11) is 0. The smallest absolute Gasteiger partial charge is 0.233 e. The van der Waals surface area contributed by atoms with Gasteiger partial charge in [0.2, 0.25) is 11.1 Å². The third-order valence-electron chi connectivity index (χ3n) is 3.47. The average Bonchev–Trinajstić information content (AvgIpc) is 3.09. The number of para-hydroxylation sites is 1.